The van der Waals surface area contributed by atoms with Crippen LogP contribution in [0.3, 0.4) is 0 Å². The lowest BCUT2D eigenvalue weighted by Gasteiger charge is -2.02. The summed E-state index contributed by atoms with van der Waals surface area (Å²) in [5, 5.41) is 13.0. The van der Waals surface area contributed by atoms with E-state index in [0.717, 1.165) is 5.56 Å². The van der Waals surface area contributed by atoms with Crippen molar-refractivity contribution in [3.05, 3.63) is 75.4 Å². The molecule has 0 aliphatic rings. The van der Waals surface area contributed by atoms with Crippen LogP contribution in [0.1, 0.15) is 21.8 Å². The molecule has 2 heterocycles. The van der Waals surface area contributed by atoms with Gasteiger partial charge in [0.05, 0.1) is 5.56 Å². The molecule has 0 saturated heterocycles. The first-order chi connectivity index (χ1) is 13.4. The summed E-state index contributed by atoms with van der Waals surface area (Å²) in [6, 6.07) is 12.1. The summed E-state index contributed by atoms with van der Waals surface area (Å²) in [7, 11) is 0. The molecule has 0 aliphatic heterocycles. The van der Waals surface area contributed by atoms with Crippen molar-refractivity contribution in [1.82, 2.24) is 9.97 Å². The van der Waals surface area contributed by atoms with E-state index in [9.17, 15) is 10.1 Å². The molecule has 3 rings (SSSR count). The van der Waals surface area contributed by atoms with Gasteiger partial charge < -0.3 is 9.73 Å². The number of ketones is 1. The lowest BCUT2D eigenvalue weighted by atomic mass is 10.0. The molecule has 0 unspecified atom stereocenters. The van der Waals surface area contributed by atoms with E-state index in [1.165, 1.54) is 6.20 Å². The van der Waals surface area contributed by atoms with Gasteiger partial charge in [0.15, 0.2) is 0 Å². The summed E-state index contributed by atoms with van der Waals surface area (Å²) in [6.45, 7) is 3.42. The number of carbonyl (C=O) groups is 1. The predicted molar refractivity (Wildman–Crippen MR) is 107 cm³/mol. The Balaban J connectivity index is 1.87. The van der Waals surface area contributed by atoms with Gasteiger partial charge in [-0.25, -0.2) is 9.97 Å². The van der Waals surface area contributed by atoms with Crippen molar-refractivity contribution in [2.75, 3.05) is 5.32 Å². The molecule has 0 atom stereocenters. The third-order valence-corrected chi connectivity index (χ3v) is 4.27. The molecule has 140 valence electrons. The maximum absolute atomic E-state index is 12.8. The molecule has 0 fully saturated rings. The molecule has 1 N–H and O–H groups in total. The standard InChI is InChI=1S/C20H14Cl2N4O2/c1-11-7-18(22)26-20(25-11)24-10-14(9-23)19(27)16-8-17(28-12(16)2)13-3-5-15(21)6-4-13/h3-8,10H,1-2H3,(H,24,25,26). The van der Waals surface area contributed by atoms with Gasteiger partial charge in [0.25, 0.3) is 0 Å². The maximum Gasteiger partial charge on any atom is 0.228 e. The van der Waals surface area contributed by atoms with Gasteiger partial charge >= 0.3 is 0 Å². The van der Waals surface area contributed by atoms with E-state index in [4.69, 9.17) is 27.6 Å². The number of furan rings is 1. The Bertz CT molecular complexity index is 1090. The number of aromatic nitrogens is 2. The fraction of sp³-hybridized carbons (Fsp3) is 0.100. The largest absolute Gasteiger partial charge is 0.461 e. The lowest BCUT2D eigenvalue weighted by Crippen LogP contribution is -2.06. The van der Waals surface area contributed by atoms with Gasteiger partial charge in [0.1, 0.15) is 28.3 Å². The van der Waals surface area contributed by atoms with Crippen molar-refractivity contribution in [3.63, 3.8) is 0 Å². The fourth-order valence-electron chi connectivity index (χ4n) is 2.49. The number of hydrogen-bond acceptors (Lipinski definition) is 6. The van der Waals surface area contributed by atoms with Crippen molar-refractivity contribution in [2.45, 2.75) is 13.8 Å². The van der Waals surface area contributed by atoms with Crippen LogP contribution in [-0.2, 0) is 0 Å². The van der Waals surface area contributed by atoms with Gasteiger partial charge in [-0.2, -0.15) is 5.26 Å². The number of nitrogens with zero attached hydrogens (tertiary/aromatic N) is 3. The van der Waals surface area contributed by atoms with E-state index < -0.39 is 5.78 Å². The lowest BCUT2D eigenvalue weighted by molar-refractivity contribution is 0.103. The number of allylic oxidation sites excluding steroid dienone is 1. The topological polar surface area (TPSA) is 91.8 Å². The summed E-state index contributed by atoms with van der Waals surface area (Å²) in [4.78, 5) is 20.9. The van der Waals surface area contributed by atoms with Gasteiger partial charge in [-0.05, 0) is 50.2 Å². The molecule has 8 heteroatoms. The number of anilines is 1. The summed E-state index contributed by atoms with van der Waals surface area (Å²) < 4.78 is 5.69. The van der Waals surface area contributed by atoms with Crippen LogP contribution in [0.2, 0.25) is 10.2 Å². The minimum Gasteiger partial charge on any atom is -0.461 e. The Morgan fingerprint density at radius 3 is 2.54 bits per heavy atom. The number of Topliss-reactive ketones (excluding diaryl/α,β-unsaturated/α-hetero) is 1. The van der Waals surface area contributed by atoms with Gasteiger partial charge in [-0.1, -0.05) is 23.2 Å². The highest BCUT2D eigenvalue weighted by Crippen LogP contribution is 2.28. The van der Waals surface area contributed by atoms with E-state index in [-0.39, 0.29) is 16.7 Å². The van der Waals surface area contributed by atoms with Crippen LogP contribution >= 0.6 is 23.2 Å². The monoisotopic (exact) mass is 412 g/mol. The van der Waals surface area contributed by atoms with E-state index in [2.05, 4.69) is 15.3 Å². The Morgan fingerprint density at radius 2 is 1.89 bits per heavy atom. The van der Waals surface area contributed by atoms with Crippen LogP contribution in [-0.4, -0.2) is 15.8 Å². The number of nitrogens with one attached hydrogen (secondary N) is 1. The zero-order valence-electron chi connectivity index (χ0n) is 15.0. The SMILES string of the molecule is Cc1cc(Cl)nc(NC=C(C#N)C(=O)c2cc(-c3ccc(Cl)cc3)oc2C)n1. The van der Waals surface area contributed by atoms with Crippen LogP contribution < -0.4 is 5.32 Å². The highest BCUT2D eigenvalue weighted by Gasteiger charge is 2.20. The Labute approximate surface area is 171 Å². The normalized spacial score (nSPS) is 11.2. The molecule has 0 aliphatic carbocycles. The molecule has 0 radical (unpaired) electrons. The van der Waals surface area contributed by atoms with Gasteiger partial charge in [-0.15, -0.1) is 0 Å². The van der Waals surface area contributed by atoms with E-state index >= 15 is 0 Å². The van der Waals surface area contributed by atoms with Crippen molar-refractivity contribution in [3.8, 4) is 17.4 Å². The second-order valence-electron chi connectivity index (χ2n) is 5.89. The Kier molecular flexibility index (Phi) is 5.78. The zero-order valence-corrected chi connectivity index (χ0v) is 16.5. The van der Waals surface area contributed by atoms with Gasteiger partial charge in [-0.3, -0.25) is 4.79 Å². The first kappa shape index (κ1) is 19.6. The molecule has 28 heavy (non-hydrogen) atoms. The molecule has 6 nitrogen and oxygen atoms in total. The molecule has 0 saturated carbocycles. The molecule has 0 spiro atoms. The number of rotatable bonds is 5. The van der Waals surface area contributed by atoms with E-state index in [1.807, 2.05) is 6.07 Å². The van der Waals surface area contributed by atoms with Crippen molar-refractivity contribution in [1.29, 1.82) is 5.26 Å². The third-order valence-electron chi connectivity index (χ3n) is 3.82. The van der Waals surface area contributed by atoms with Gasteiger partial charge in [0, 0.05) is 22.5 Å². The Hall–Kier alpha value is -3.14. The number of carbonyl (C=O) groups excluding carboxylic acids is 1. The first-order valence-corrected chi connectivity index (χ1v) is 8.92. The minimum atomic E-state index is -0.477. The van der Waals surface area contributed by atoms with Crippen LogP contribution in [0.15, 0.2) is 52.6 Å². The molecule has 1 aromatic carbocycles. The molecular formula is C20H14Cl2N4O2. The van der Waals surface area contributed by atoms with E-state index in [0.29, 0.717) is 27.8 Å². The third kappa shape index (κ3) is 4.39. The van der Waals surface area contributed by atoms with Crippen molar-refractivity contribution < 1.29 is 9.21 Å². The number of hydrogen-bond donors (Lipinski definition) is 1. The molecule has 2 aromatic heterocycles. The van der Waals surface area contributed by atoms with Gasteiger partial charge in [0.2, 0.25) is 11.7 Å². The fourth-order valence-corrected chi connectivity index (χ4v) is 2.85. The number of nitriles is 1. The second kappa shape index (κ2) is 8.26. The van der Waals surface area contributed by atoms with Crippen molar-refractivity contribution in [2.24, 2.45) is 0 Å². The Morgan fingerprint density at radius 1 is 1.18 bits per heavy atom. The van der Waals surface area contributed by atoms with Crippen LogP contribution in [0, 0.1) is 25.2 Å². The summed E-state index contributed by atoms with van der Waals surface area (Å²) in [6.07, 6.45) is 1.25. The van der Waals surface area contributed by atoms with Crippen LogP contribution in [0.4, 0.5) is 5.95 Å². The quantitative estimate of drug-likeness (QED) is 0.262. The first-order valence-electron chi connectivity index (χ1n) is 8.16. The molecule has 3 aromatic rings. The van der Waals surface area contributed by atoms with E-state index in [1.54, 1.807) is 50.2 Å². The zero-order chi connectivity index (χ0) is 20.3. The smallest absolute Gasteiger partial charge is 0.228 e. The second-order valence-corrected chi connectivity index (χ2v) is 6.71. The predicted octanol–water partition coefficient (Wildman–Crippen LogP) is 5.36. The number of halogens is 2. The summed E-state index contributed by atoms with van der Waals surface area (Å²) >= 11 is 11.8. The summed E-state index contributed by atoms with van der Waals surface area (Å²) in [5.74, 6) is 0.633. The average Bonchev–Trinajstić information content (AvgIpc) is 3.03. The van der Waals surface area contributed by atoms with Crippen molar-refractivity contribution >= 4 is 34.9 Å². The number of benzene rings is 1. The highest BCUT2D eigenvalue weighted by molar-refractivity contribution is 6.30. The number of aryl methyl sites for hydroxylation is 2. The van der Waals surface area contributed by atoms with Crippen LogP contribution in [0.5, 0.6) is 0 Å². The molecule has 0 bridgehead atoms. The maximum atomic E-state index is 12.8. The highest BCUT2D eigenvalue weighted by atomic mass is 35.5. The molecule has 0 amide bonds. The average molecular weight is 413 g/mol. The molecular weight excluding hydrogens is 399 g/mol. The van der Waals surface area contributed by atoms with Crippen LogP contribution in [0.25, 0.3) is 11.3 Å². The summed E-state index contributed by atoms with van der Waals surface area (Å²) in [5.41, 5.74) is 1.60. The minimum absolute atomic E-state index is 0.118.